The van der Waals surface area contributed by atoms with Crippen molar-refractivity contribution in [3.63, 3.8) is 0 Å². The molecule has 2 N–H and O–H groups in total. The zero-order valence-electron chi connectivity index (χ0n) is 11.1. The molecule has 106 valence electrons. The van der Waals surface area contributed by atoms with Gasteiger partial charge in [0.05, 0.1) is 0 Å². The lowest BCUT2D eigenvalue weighted by Crippen LogP contribution is -2.56. The lowest BCUT2D eigenvalue weighted by Gasteiger charge is -2.34. The quantitative estimate of drug-likeness (QED) is 0.757. The first-order valence-corrected chi connectivity index (χ1v) is 7.74. The van der Waals surface area contributed by atoms with E-state index in [4.69, 9.17) is 0 Å². The molecule has 1 aliphatic heterocycles. The van der Waals surface area contributed by atoms with Gasteiger partial charge < -0.3 is 5.11 Å². The van der Waals surface area contributed by atoms with E-state index in [-0.39, 0.29) is 12.6 Å². The summed E-state index contributed by atoms with van der Waals surface area (Å²) in [6.07, 6.45) is 1.96. The van der Waals surface area contributed by atoms with Gasteiger partial charge >= 0.3 is 5.97 Å². The van der Waals surface area contributed by atoms with E-state index in [9.17, 15) is 18.3 Å². The second-order valence-electron chi connectivity index (χ2n) is 5.04. The first-order valence-electron chi connectivity index (χ1n) is 6.30. The molecule has 1 fully saturated rings. The summed E-state index contributed by atoms with van der Waals surface area (Å²) in [5.74, 6) is -1.05. The van der Waals surface area contributed by atoms with Gasteiger partial charge in [-0.25, -0.2) is 0 Å². The van der Waals surface area contributed by atoms with Gasteiger partial charge in [-0.05, 0) is 33.1 Å². The number of hydrogen-bond donors (Lipinski definition) is 2. The first kappa shape index (κ1) is 15.4. The Kier molecular flexibility index (Phi) is 4.74. The van der Waals surface area contributed by atoms with Crippen LogP contribution in [0.25, 0.3) is 0 Å². The Balaban J connectivity index is 3.09. The number of hydrogen-bond acceptors (Lipinski definition) is 3. The summed E-state index contributed by atoms with van der Waals surface area (Å²) in [5.41, 5.74) is -1.27. The van der Waals surface area contributed by atoms with Crippen molar-refractivity contribution in [3.05, 3.63) is 0 Å². The SMILES string of the molecule is CCCC1(C(=O)O)CCCN1S(=O)(=O)NC(C)C. The summed E-state index contributed by atoms with van der Waals surface area (Å²) in [7, 11) is -3.73. The molecule has 1 atom stereocenters. The van der Waals surface area contributed by atoms with Crippen LogP contribution in [0.3, 0.4) is 0 Å². The monoisotopic (exact) mass is 278 g/mol. The van der Waals surface area contributed by atoms with Gasteiger partial charge in [0, 0.05) is 12.6 Å². The molecule has 6 nitrogen and oxygen atoms in total. The fraction of sp³-hybridized carbons (Fsp3) is 0.909. The van der Waals surface area contributed by atoms with Gasteiger partial charge in [0.15, 0.2) is 0 Å². The highest BCUT2D eigenvalue weighted by atomic mass is 32.2. The third kappa shape index (κ3) is 2.84. The second-order valence-corrected chi connectivity index (χ2v) is 6.67. The van der Waals surface area contributed by atoms with Crippen LogP contribution in [0.5, 0.6) is 0 Å². The molecule has 1 aliphatic rings. The molecule has 1 unspecified atom stereocenters. The summed E-state index contributed by atoms with van der Waals surface area (Å²) in [4.78, 5) is 11.5. The van der Waals surface area contributed by atoms with Crippen molar-refractivity contribution in [1.29, 1.82) is 0 Å². The molecule has 0 aliphatic carbocycles. The maximum Gasteiger partial charge on any atom is 0.325 e. The Bertz CT molecular complexity index is 407. The smallest absolute Gasteiger partial charge is 0.325 e. The summed E-state index contributed by atoms with van der Waals surface area (Å²) < 4.78 is 28.0. The molecule has 0 amide bonds. The van der Waals surface area contributed by atoms with Crippen molar-refractivity contribution in [3.8, 4) is 0 Å². The van der Waals surface area contributed by atoms with Crippen molar-refractivity contribution in [1.82, 2.24) is 9.03 Å². The van der Waals surface area contributed by atoms with Crippen molar-refractivity contribution >= 4 is 16.2 Å². The van der Waals surface area contributed by atoms with Crippen LogP contribution in [0.1, 0.15) is 46.5 Å². The van der Waals surface area contributed by atoms with Crippen LogP contribution in [0.4, 0.5) is 0 Å². The molecule has 0 radical (unpaired) electrons. The van der Waals surface area contributed by atoms with E-state index < -0.39 is 21.7 Å². The molecule has 18 heavy (non-hydrogen) atoms. The molecule has 0 aromatic carbocycles. The van der Waals surface area contributed by atoms with Gasteiger partial charge in [-0.2, -0.15) is 17.4 Å². The van der Waals surface area contributed by atoms with E-state index in [2.05, 4.69) is 4.72 Å². The zero-order valence-corrected chi connectivity index (χ0v) is 12.0. The fourth-order valence-corrected chi connectivity index (χ4v) is 4.36. The van der Waals surface area contributed by atoms with Gasteiger partial charge in [0.25, 0.3) is 10.2 Å². The number of carbonyl (C=O) groups is 1. The van der Waals surface area contributed by atoms with Crippen LogP contribution in [0.2, 0.25) is 0 Å². The standard InChI is InChI=1S/C11H22N2O4S/c1-4-6-11(10(14)15)7-5-8-13(11)18(16,17)12-9(2)3/h9,12H,4-8H2,1-3H3,(H,14,15). The van der Waals surface area contributed by atoms with Crippen LogP contribution in [-0.2, 0) is 15.0 Å². The third-order valence-corrected chi connectivity index (χ3v) is 5.05. The van der Waals surface area contributed by atoms with Gasteiger partial charge in [0.2, 0.25) is 0 Å². The highest BCUT2D eigenvalue weighted by Gasteiger charge is 2.52. The predicted octanol–water partition coefficient (Wildman–Crippen LogP) is 0.949. The molecule has 1 saturated heterocycles. The Morgan fingerprint density at radius 2 is 2.11 bits per heavy atom. The minimum absolute atomic E-state index is 0.247. The number of carboxylic acids is 1. The molecule has 0 bridgehead atoms. The topological polar surface area (TPSA) is 86.7 Å². The maximum atomic E-state index is 12.2. The number of carboxylic acid groups (broad SMARTS) is 1. The average Bonchev–Trinajstić information content (AvgIpc) is 2.62. The van der Waals surface area contributed by atoms with Crippen molar-refractivity contribution in [2.45, 2.75) is 58.0 Å². The Labute approximate surface area is 109 Å². The zero-order chi connectivity index (χ0) is 14.0. The Hall–Kier alpha value is -0.660. The molecular formula is C11H22N2O4S. The van der Waals surface area contributed by atoms with E-state index >= 15 is 0 Å². The van der Waals surface area contributed by atoms with Crippen LogP contribution in [0.15, 0.2) is 0 Å². The minimum Gasteiger partial charge on any atom is -0.480 e. The van der Waals surface area contributed by atoms with Gasteiger partial charge in [0.1, 0.15) is 5.54 Å². The van der Waals surface area contributed by atoms with Crippen LogP contribution in [-0.4, -0.2) is 41.9 Å². The largest absolute Gasteiger partial charge is 0.480 e. The van der Waals surface area contributed by atoms with Crippen molar-refractivity contribution in [2.75, 3.05) is 6.54 Å². The summed E-state index contributed by atoms with van der Waals surface area (Å²) in [6, 6.07) is -0.247. The number of nitrogens with zero attached hydrogens (tertiary/aromatic N) is 1. The highest BCUT2D eigenvalue weighted by Crippen LogP contribution is 2.35. The van der Waals surface area contributed by atoms with Crippen molar-refractivity contribution in [2.24, 2.45) is 0 Å². The van der Waals surface area contributed by atoms with Gasteiger partial charge in [-0.3, -0.25) is 4.79 Å². The molecule has 0 aromatic heterocycles. The predicted molar refractivity (Wildman–Crippen MR) is 68.4 cm³/mol. The minimum atomic E-state index is -3.73. The molecule has 7 heteroatoms. The van der Waals surface area contributed by atoms with E-state index in [1.54, 1.807) is 13.8 Å². The summed E-state index contributed by atoms with van der Waals surface area (Å²) >= 11 is 0. The first-order chi connectivity index (χ1) is 8.26. The van der Waals surface area contributed by atoms with Gasteiger partial charge in [-0.15, -0.1) is 0 Å². The van der Waals surface area contributed by atoms with E-state index in [1.807, 2.05) is 6.92 Å². The number of nitrogens with one attached hydrogen (secondary N) is 1. The molecule has 0 saturated carbocycles. The molecule has 0 aromatic rings. The highest BCUT2D eigenvalue weighted by molar-refractivity contribution is 7.87. The summed E-state index contributed by atoms with van der Waals surface area (Å²) in [5, 5.41) is 9.43. The Morgan fingerprint density at radius 1 is 1.50 bits per heavy atom. The average molecular weight is 278 g/mol. The van der Waals surface area contributed by atoms with E-state index in [0.717, 1.165) is 4.31 Å². The number of aliphatic carboxylic acids is 1. The normalized spacial score (nSPS) is 25.8. The van der Waals surface area contributed by atoms with Gasteiger partial charge in [-0.1, -0.05) is 13.3 Å². The van der Waals surface area contributed by atoms with Crippen LogP contribution < -0.4 is 4.72 Å². The molecular weight excluding hydrogens is 256 g/mol. The van der Waals surface area contributed by atoms with Crippen LogP contribution >= 0.6 is 0 Å². The maximum absolute atomic E-state index is 12.2. The fourth-order valence-electron chi connectivity index (χ4n) is 2.55. The molecule has 1 heterocycles. The summed E-state index contributed by atoms with van der Waals surface area (Å²) in [6.45, 7) is 5.57. The van der Waals surface area contributed by atoms with Crippen LogP contribution in [0, 0.1) is 0 Å². The lowest BCUT2D eigenvalue weighted by atomic mass is 9.92. The lowest BCUT2D eigenvalue weighted by molar-refractivity contribution is -0.147. The third-order valence-electron chi connectivity index (χ3n) is 3.17. The van der Waals surface area contributed by atoms with Crippen molar-refractivity contribution < 1.29 is 18.3 Å². The Morgan fingerprint density at radius 3 is 2.56 bits per heavy atom. The number of rotatable bonds is 6. The molecule has 0 spiro atoms. The second kappa shape index (κ2) is 5.54. The van der Waals surface area contributed by atoms with E-state index in [0.29, 0.717) is 25.7 Å². The van der Waals surface area contributed by atoms with E-state index in [1.165, 1.54) is 0 Å². The molecule has 1 rings (SSSR count).